The maximum atomic E-state index is 4.66. The molecule has 1 aliphatic heterocycles. The molecule has 0 saturated carbocycles. The van der Waals surface area contributed by atoms with Crippen LogP contribution in [0, 0.1) is 18.8 Å². The molecule has 2 aromatic heterocycles. The predicted molar refractivity (Wildman–Crippen MR) is 142 cm³/mol. The second-order valence-electron chi connectivity index (χ2n) is 8.84. The number of para-hydroxylation sites is 1. The van der Waals surface area contributed by atoms with Crippen LogP contribution < -0.4 is 4.90 Å². The summed E-state index contributed by atoms with van der Waals surface area (Å²) < 4.78 is 2.23. The average molecular weight is 657 g/mol. The van der Waals surface area contributed by atoms with Gasteiger partial charge in [-0.1, -0.05) is 29.8 Å². The molecule has 1 aliphatic rings. The van der Waals surface area contributed by atoms with E-state index >= 15 is 0 Å². The third-order valence-electron chi connectivity index (χ3n) is 6.33. The number of hydrogen-bond donors (Lipinski definition) is 0. The zero-order valence-corrected chi connectivity index (χ0v) is 22.8. The summed E-state index contributed by atoms with van der Waals surface area (Å²) in [7, 11) is 0.673. The van der Waals surface area contributed by atoms with Gasteiger partial charge in [-0.15, -0.1) is 33.0 Å². The van der Waals surface area contributed by atoms with Crippen molar-refractivity contribution >= 4 is 37.5 Å². The van der Waals surface area contributed by atoms with Gasteiger partial charge in [0.25, 0.3) is 0 Å². The summed E-state index contributed by atoms with van der Waals surface area (Å²) in [6.45, 7) is 2.06. The van der Waals surface area contributed by atoms with E-state index in [1.807, 2.05) is 36.5 Å². The first-order valence-corrected chi connectivity index (χ1v) is 13.6. The summed E-state index contributed by atoms with van der Waals surface area (Å²) in [5, 5.41) is 2.41. The van der Waals surface area contributed by atoms with Crippen LogP contribution in [0.15, 0.2) is 101 Å². The summed E-state index contributed by atoms with van der Waals surface area (Å²) in [6.07, 6.45) is 10.6. The minimum Gasteiger partial charge on any atom is -0.510 e. The van der Waals surface area contributed by atoms with Crippen molar-refractivity contribution in [3.05, 3.63) is 110 Å². The van der Waals surface area contributed by atoms with Crippen molar-refractivity contribution in [2.75, 3.05) is 24.5 Å². The van der Waals surface area contributed by atoms with Crippen LogP contribution in [-0.2, 0) is 21.1 Å². The van der Waals surface area contributed by atoms with Crippen molar-refractivity contribution in [2.45, 2.75) is 9.79 Å². The molecule has 180 valence electrons. The van der Waals surface area contributed by atoms with Crippen LogP contribution in [0.2, 0.25) is 0 Å². The molecule has 4 nitrogen and oxygen atoms in total. The molecular weight excluding hydrogens is 631 g/mol. The molecule has 35 heavy (non-hydrogen) atoms. The Morgan fingerprint density at radius 3 is 2.37 bits per heavy atom. The largest absolute Gasteiger partial charge is 0.510 e. The van der Waals surface area contributed by atoms with Crippen molar-refractivity contribution in [3.63, 3.8) is 0 Å². The molecule has 0 unspecified atom stereocenters. The maximum Gasteiger partial charge on any atom is 0.135 e. The Balaban J connectivity index is 0.00000253. The molecule has 3 aromatic carbocycles. The SMILES string of the molecule is CN1C=CN(c2[c-]c(S(C)(C)c3[c-]c4c(cc3)c3ccccc3n4-c3ccccn3)ccc2)[CH-]1.[Pt]. The number of aromatic nitrogens is 2. The van der Waals surface area contributed by atoms with Crippen LogP contribution in [0.1, 0.15) is 0 Å². The third-order valence-corrected chi connectivity index (χ3v) is 9.01. The Kier molecular flexibility index (Phi) is 6.25. The van der Waals surface area contributed by atoms with Gasteiger partial charge in [0.2, 0.25) is 0 Å². The molecule has 0 fully saturated rings. The molecule has 0 bridgehead atoms. The maximum absolute atomic E-state index is 4.66. The van der Waals surface area contributed by atoms with Crippen LogP contribution in [-0.4, -0.2) is 34.0 Å². The molecule has 0 atom stereocenters. The molecule has 6 heteroatoms. The fraction of sp³-hybridized carbons (Fsp3) is 0.103. The summed E-state index contributed by atoms with van der Waals surface area (Å²) in [4.78, 5) is 11.2. The van der Waals surface area contributed by atoms with Gasteiger partial charge in [0, 0.05) is 32.8 Å². The van der Waals surface area contributed by atoms with Crippen LogP contribution in [0.25, 0.3) is 27.6 Å². The summed E-state index contributed by atoms with van der Waals surface area (Å²) >= 11 is 0. The molecule has 0 radical (unpaired) electrons. The van der Waals surface area contributed by atoms with Crippen molar-refractivity contribution in [3.8, 4) is 5.82 Å². The Labute approximate surface area is 222 Å². The molecule has 3 heterocycles. The number of pyridine rings is 1. The zero-order chi connectivity index (χ0) is 23.3. The van der Waals surface area contributed by atoms with Gasteiger partial charge in [-0.05, 0) is 55.5 Å². The monoisotopic (exact) mass is 656 g/mol. The molecule has 0 N–H and O–H groups in total. The van der Waals surface area contributed by atoms with E-state index in [4.69, 9.17) is 0 Å². The smallest absolute Gasteiger partial charge is 0.135 e. The molecular formula is C29H25N4PtS-3. The first kappa shape index (κ1) is 23.7. The normalized spacial score (nSPS) is 14.0. The average Bonchev–Trinajstić information content (AvgIpc) is 3.45. The minimum absolute atomic E-state index is 0. The van der Waals surface area contributed by atoms with E-state index in [0.717, 1.165) is 22.5 Å². The topological polar surface area (TPSA) is 24.3 Å². The number of rotatable bonds is 4. The van der Waals surface area contributed by atoms with E-state index in [-0.39, 0.29) is 21.1 Å². The number of hydrogen-bond acceptors (Lipinski definition) is 3. The Bertz CT molecular complexity index is 1540. The van der Waals surface area contributed by atoms with Gasteiger partial charge in [0.15, 0.2) is 0 Å². The Hall–Kier alpha value is -3.01. The van der Waals surface area contributed by atoms with E-state index in [2.05, 4.69) is 113 Å². The third kappa shape index (κ3) is 4.07. The fourth-order valence-electron chi connectivity index (χ4n) is 4.49. The first-order chi connectivity index (χ1) is 16.5. The second kappa shape index (κ2) is 9.22. The van der Waals surface area contributed by atoms with Crippen LogP contribution in [0.3, 0.4) is 0 Å². The molecule has 0 aliphatic carbocycles. The van der Waals surface area contributed by atoms with Crippen molar-refractivity contribution in [1.29, 1.82) is 0 Å². The molecule has 6 rings (SSSR count). The van der Waals surface area contributed by atoms with Gasteiger partial charge >= 0.3 is 0 Å². The number of benzene rings is 3. The zero-order valence-electron chi connectivity index (χ0n) is 19.8. The Morgan fingerprint density at radius 1 is 0.800 bits per heavy atom. The quantitative estimate of drug-likeness (QED) is 0.204. The van der Waals surface area contributed by atoms with E-state index in [1.54, 1.807) is 0 Å². The van der Waals surface area contributed by atoms with E-state index in [9.17, 15) is 0 Å². The van der Waals surface area contributed by atoms with Gasteiger partial charge < -0.3 is 14.4 Å². The van der Waals surface area contributed by atoms with E-state index < -0.39 is 10.0 Å². The van der Waals surface area contributed by atoms with Crippen LogP contribution >= 0.6 is 10.0 Å². The van der Waals surface area contributed by atoms with Gasteiger partial charge in [-0.25, -0.2) is 15.0 Å². The van der Waals surface area contributed by atoms with Crippen molar-refractivity contribution in [1.82, 2.24) is 14.5 Å². The van der Waals surface area contributed by atoms with Crippen molar-refractivity contribution < 1.29 is 21.1 Å². The molecule has 5 aromatic rings. The number of anilines is 1. The Morgan fingerprint density at radius 2 is 1.60 bits per heavy atom. The minimum atomic E-state index is -1.36. The van der Waals surface area contributed by atoms with Gasteiger partial charge in [0.1, 0.15) is 5.82 Å². The first-order valence-electron chi connectivity index (χ1n) is 11.2. The van der Waals surface area contributed by atoms with E-state index in [1.165, 1.54) is 20.6 Å². The summed E-state index contributed by atoms with van der Waals surface area (Å²) in [5.74, 6) is 0.906. The number of nitrogens with zero attached hydrogens (tertiary/aromatic N) is 4. The summed E-state index contributed by atoms with van der Waals surface area (Å²) in [5.41, 5.74) is 3.25. The van der Waals surface area contributed by atoms with Crippen LogP contribution in [0.5, 0.6) is 0 Å². The van der Waals surface area contributed by atoms with Crippen LogP contribution in [0.4, 0.5) is 5.69 Å². The number of fused-ring (bicyclic) bond motifs is 3. The molecule has 0 amide bonds. The summed E-state index contributed by atoms with van der Waals surface area (Å²) in [6, 6.07) is 32.9. The predicted octanol–water partition coefficient (Wildman–Crippen LogP) is 6.60. The standard InChI is InChI=1S/C29H25N4S.Pt/c1-31-17-18-32(21-31)22-9-8-10-23(19-22)34(2,3)24-14-15-26-25-11-4-5-12-27(25)33(28(26)20-24)29-13-6-7-16-30-29;/h4-18,21H,1-3H3;/q-3;. The van der Waals surface area contributed by atoms with Gasteiger partial charge in [-0.3, -0.25) is 0 Å². The van der Waals surface area contributed by atoms with E-state index in [0.29, 0.717) is 0 Å². The van der Waals surface area contributed by atoms with Gasteiger partial charge in [-0.2, -0.15) is 37.0 Å². The molecule has 0 spiro atoms. The van der Waals surface area contributed by atoms with Crippen molar-refractivity contribution in [2.24, 2.45) is 0 Å². The van der Waals surface area contributed by atoms with Gasteiger partial charge in [0.05, 0.1) is 0 Å². The molecule has 0 saturated heterocycles. The second-order valence-corrected chi connectivity index (χ2v) is 12.4. The fourth-order valence-corrected chi connectivity index (χ4v) is 6.27.